The second-order valence-electron chi connectivity index (χ2n) is 9.16. The molecular weight excluding hydrogens is 402 g/mol. The van der Waals surface area contributed by atoms with E-state index < -0.39 is 0 Å². The van der Waals surface area contributed by atoms with Crippen LogP contribution in [0.15, 0.2) is 29.3 Å². The highest BCUT2D eigenvalue weighted by Gasteiger charge is 2.38. The Morgan fingerprint density at radius 3 is 2.62 bits per heavy atom. The normalized spacial score (nSPS) is 20.4. The molecule has 2 aliphatic rings. The summed E-state index contributed by atoms with van der Waals surface area (Å²) < 4.78 is 5.60. The first-order chi connectivity index (χ1) is 15.6. The lowest BCUT2D eigenvalue weighted by Gasteiger charge is -2.48. The van der Waals surface area contributed by atoms with Crippen molar-refractivity contribution >= 4 is 17.6 Å². The van der Waals surface area contributed by atoms with E-state index in [2.05, 4.69) is 31.9 Å². The van der Waals surface area contributed by atoms with E-state index in [0.29, 0.717) is 6.54 Å². The molecule has 32 heavy (non-hydrogen) atoms. The number of hydrogen-bond donors (Lipinski definition) is 3. The third-order valence-corrected chi connectivity index (χ3v) is 6.99. The number of nitrogens with zero attached hydrogens (tertiary/aromatic N) is 2. The Kier molecular flexibility index (Phi) is 9.36. The first-order valence-corrected chi connectivity index (χ1v) is 12.2. The zero-order chi connectivity index (χ0) is 22.8. The van der Waals surface area contributed by atoms with E-state index in [1.165, 1.54) is 32.1 Å². The average molecular weight is 444 g/mol. The number of nitrogens with one attached hydrogen (secondary N) is 3. The van der Waals surface area contributed by atoms with Crippen molar-refractivity contribution in [2.24, 2.45) is 10.9 Å². The number of amides is 1. The minimum Gasteiger partial charge on any atom is -0.379 e. The van der Waals surface area contributed by atoms with Crippen molar-refractivity contribution < 1.29 is 9.53 Å². The van der Waals surface area contributed by atoms with Crippen LogP contribution >= 0.6 is 0 Å². The monoisotopic (exact) mass is 443 g/mol. The Balaban J connectivity index is 1.55. The summed E-state index contributed by atoms with van der Waals surface area (Å²) in [5.41, 5.74) is 2.14. The number of carbonyl (C=O) groups is 1. The van der Waals surface area contributed by atoms with Gasteiger partial charge in [-0.25, -0.2) is 0 Å². The number of morpholine rings is 1. The van der Waals surface area contributed by atoms with Gasteiger partial charge in [-0.15, -0.1) is 0 Å². The van der Waals surface area contributed by atoms with Crippen molar-refractivity contribution in [2.45, 2.75) is 64.5 Å². The highest BCUT2D eigenvalue weighted by molar-refractivity contribution is 5.92. The van der Waals surface area contributed by atoms with Gasteiger partial charge in [0, 0.05) is 50.4 Å². The molecule has 1 aromatic rings. The molecule has 1 saturated carbocycles. The van der Waals surface area contributed by atoms with Crippen molar-refractivity contribution in [1.82, 2.24) is 15.5 Å². The predicted octanol–water partition coefficient (Wildman–Crippen LogP) is 3.37. The number of guanidine groups is 1. The fourth-order valence-electron chi connectivity index (χ4n) is 4.72. The number of carbonyl (C=O) groups excluding carboxylic acids is 1. The molecule has 0 radical (unpaired) electrons. The molecule has 1 atom stereocenters. The molecule has 7 heteroatoms. The third-order valence-electron chi connectivity index (χ3n) is 6.99. The lowest BCUT2D eigenvalue weighted by molar-refractivity contribution is -0.119. The maximum atomic E-state index is 12.2. The Hall–Kier alpha value is -2.12. The SMILES string of the molecule is CCC(C)C(=O)Nc1cccc(CNC(=NC)NCC2(N3CCOCC3)CCCCC2)c1. The van der Waals surface area contributed by atoms with Crippen LogP contribution in [0.4, 0.5) is 5.69 Å². The molecule has 0 bridgehead atoms. The Morgan fingerprint density at radius 2 is 1.94 bits per heavy atom. The van der Waals surface area contributed by atoms with Gasteiger partial charge in [-0.3, -0.25) is 14.7 Å². The second kappa shape index (κ2) is 12.2. The lowest BCUT2D eigenvalue weighted by Crippen LogP contribution is -2.60. The molecule has 1 unspecified atom stereocenters. The van der Waals surface area contributed by atoms with Crippen molar-refractivity contribution in [3.63, 3.8) is 0 Å². The minimum absolute atomic E-state index is 0.0124. The summed E-state index contributed by atoms with van der Waals surface area (Å²) in [6, 6.07) is 8.01. The van der Waals surface area contributed by atoms with Gasteiger partial charge in [0.1, 0.15) is 0 Å². The van der Waals surface area contributed by atoms with Gasteiger partial charge in [-0.2, -0.15) is 0 Å². The first kappa shape index (κ1) is 24.5. The van der Waals surface area contributed by atoms with Gasteiger partial charge in [-0.05, 0) is 37.0 Å². The van der Waals surface area contributed by atoms with Gasteiger partial charge >= 0.3 is 0 Å². The van der Waals surface area contributed by atoms with E-state index in [1.54, 1.807) is 0 Å². The third kappa shape index (κ3) is 6.69. The number of rotatable bonds is 8. The molecule has 178 valence electrons. The van der Waals surface area contributed by atoms with Gasteiger partial charge < -0.3 is 20.7 Å². The molecule has 7 nitrogen and oxygen atoms in total. The first-order valence-electron chi connectivity index (χ1n) is 12.2. The number of aliphatic imine (C=N–C) groups is 1. The molecule has 0 spiro atoms. The lowest BCUT2D eigenvalue weighted by atomic mass is 9.80. The second-order valence-corrected chi connectivity index (χ2v) is 9.16. The Labute approximate surface area is 193 Å². The molecule has 2 fully saturated rings. The summed E-state index contributed by atoms with van der Waals surface area (Å²) in [7, 11) is 1.82. The number of benzene rings is 1. The van der Waals surface area contributed by atoms with Crippen molar-refractivity contribution in [3.8, 4) is 0 Å². The predicted molar refractivity (Wildman–Crippen MR) is 131 cm³/mol. The van der Waals surface area contributed by atoms with Gasteiger partial charge in [0.25, 0.3) is 0 Å². The zero-order valence-corrected chi connectivity index (χ0v) is 20.1. The van der Waals surface area contributed by atoms with Crippen LogP contribution in [0.1, 0.15) is 57.9 Å². The molecule has 1 heterocycles. The highest BCUT2D eigenvalue weighted by Crippen LogP contribution is 2.33. The summed E-state index contributed by atoms with van der Waals surface area (Å²) in [5.74, 6) is 0.895. The largest absolute Gasteiger partial charge is 0.379 e. The maximum Gasteiger partial charge on any atom is 0.227 e. The summed E-state index contributed by atoms with van der Waals surface area (Å²) in [5, 5.41) is 10.1. The molecular formula is C25H41N5O2. The summed E-state index contributed by atoms with van der Waals surface area (Å²) in [4.78, 5) is 19.3. The van der Waals surface area contributed by atoms with E-state index in [9.17, 15) is 4.79 Å². The standard InChI is InChI=1S/C25H41N5O2/c1-4-20(2)23(31)29-22-10-8-9-21(17-22)18-27-24(26-3)28-19-25(11-6-5-7-12-25)30-13-15-32-16-14-30/h8-10,17,20H,4-7,11-16,18-19H2,1-3H3,(H,29,31)(H2,26,27,28). The maximum absolute atomic E-state index is 12.2. The number of ether oxygens (including phenoxy) is 1. The van der Waals surface area contributed by atoms with Crippen molar-refractivity contribution in [3.05, 3.63) is 29.8 Å². The van der Waals surface area contributed by atoms with Crippen LogP contribution in [0.3, 0.4) is 0 Å². The zero-order valence-electron chi connectivity index (χ0n) is 20.1. The quantitative estimate of drug-likeness (QED) is 0.424. The van der Waals surface area contributed by atoms with Crippen molar-refractivity contribution in [1.29, 1.82) is 0 Å². The van der Waals surface area contributed by atoms with Crippen LogP contribution < -0.4 is 16.0 Å². The van der Waals surface area contributed by atoms with E-state index in [-0.39, 0.29) is 17.4 Å². The Bertz CT molecular complexity index is 754. The van der Waals surface area contributed by atoms with Crippen molar-refractivity contribution in [2.75, 3.05) is 45.2 Å². The van der Waals surface area contributed by atoms with E-state index in [1.807, 2.05) is 39.1 Å². The number of hydrogen-bond acceptors (Lipinski definition) is 4. The van der Waals surface area contributed by atoms with E-state index in [4.69, 9.17) is 4.74 Å². The molecule has 1 aliphatic carbocycles. The average Bonchev–Trinajstić information content (AvgIpc) is 2.85. The molecule has 1 amide bonds. The van der Waals surface area contributed by atoms with Crippen LogP contribution in [0, 0.1) is 5.92 Å². The van der Waals surface area contributed by atoms with Gasteiger partial charge in [0.15, 0.2) is 5.96 Å². The van der Waals surface area contributed by atoms with Crippen LogP contribution in [-0.4, -0.2) is 62.2 Å². The van der Waals surface area contributed by atoms with Crippen LogP contribution in [0.2, 0.25) is 0 Å². The topological polar surface area (TPSA) is 78.0 Å². The van der Waals surface area contributed by atoms with E-state index >= 15 is 0 Å². The molecule has 3 N–H and O–H groups in total. The minimum atomic E-state index is 0.0124. The molecule has 1 aromatic carbocycles. The van der Waals surface area contributed by atoms with Crippen LogP contribution in [0.5, 0.6) is 0 Å². The van der Waals surface area contributed by atoms with Gasteiger partial charge in [-0.1, -0.05) is 45.2 Å². The van der Waals surface area contributed by atoms with Crippen LogP contribution in [0.25, 0.3) is 0 Å². The van der Waals surface area contributed by atoms with Gasteiger partial charge in [0.2, 0.25) is 5.91 Å². The summed E-state index contributed by atoms with van der Waals surface area (Å²) in [6.07, 6.45) is 7.22. The van der Waals surface area contributed by atoms with E-state index in [0.717, 1.165) is 56.5 Å². The van der Waals surface area contributed by atoms with Crippen LogP contribution in [-0.2, 0) is 16.1 Å². The summed E-state index contributed by atoms with van der Waals surface area (Å²) in [6.45, 7) is 9.23. The molecule has 1 aliphatic heterocycles. The highest BCUT2D eigenvalue weighted by atomic mass is 16.5. The fourth-order valence-corrected chi connectivity index (χ4v) is 4.72. The fraction of sp³-hybridized carbons (Fsp3) is 0.680. The number of anilines is 1. The Morgan fingerprint density at radius 1 is 1.19 bits per heavy atom. The molecule has 3 rings (SSSR count). The summed E-state index contributed by atoms with van der Waals surface area (Å²) >= 11 is 0. The molecule has 0 aromatic heterocycles. The smallest absolute Gasteiger partial charge is 0.227 e. The van der Waals surface area contributed by atoms with Gasteiger partial charge in [0.05, 0.1) is 13.2 Å². The molecule has 1 saturated heterocycles.